The SMILES string of the molecule is Cc1cccc(C(C)N2CC(CN)CC2C)c1. The second-order valence-electron chi connectivity index (χ2n) is 5.47. The second-order valence-corrected chi connectivity index (χ2v) is 5.47. The average Bonchev–Trinajstić information content (AvgIpc) is 2.69. The minimum Gasteiger partial charge on any atom is -0.330 e. The predicted octanol–water partition coefficient (Wildman–Crippen LogP) is 2.73. The lowest BCUT2D eigenvalue weighted by Crippen LogP contribution is -2.30. The number of nitrogens with two attached hydrogens (primary N) is 1. The Bertz CT molecular complexity index is 375. The zero-order valence-electron chi connectivity index (χ0n) is 11.2. The monoisotopic (exact) mass is 232 g/mol. The maximum atomic E-state index is 5.79. The van der Waals surface area contributed by atoms with Crippen molar-refractivity contribution in [2.45, 2.75) is 39.3 Å². The van der Waals surface area contributed by atoms with Crippen molar-refractivity contribution in [2.24, 2.45) is 11.7 Å². The first-order valence-electron chi connectivity index (χ1n) is 6.64. The predicted molar refractivity (Wildman–Crippen MR) is 72.9 cm³/mol. The molecule has 0 saturated carbocycles. The molecule has 0 aromatic heterocycles. The molecule has 2 N–H and O–H groups in total. The number of likely N-dealkylation sites (tertiary alicyclic amines) is 1. The Morgan fingerprint density at radius 2 is 2.24 bits per heavy atom. The van der Waals surface area contributed by atoms with Crippen LogP contribution in [0.15, 0.2) is 24.3 Å². The van der Waals surface area contributed by atoms with Gasteiger partial charge in [0.1, 0.15) is 0 Å². The molecular formula is C15H24N2. The molecule has 0 spiro atoms. The van der Waals surface area contributed by atoms with E-state index >= 15 is 0 Å². The van der Waals surface area contributed by atoms with Gasteiger partial charge in [-0.3, -0.25) is 4.90 Å². The van der Waals surface area contributed by atoms with Crippen LogP contribution in [0.25, 0.3) is 0 Å². The van der Waals surface area contributed by atoms with E-state index < -0.39 is 0 Å². The van der Waals surface area contributed by atoms with Crippen LogP contribution in [0.3, 0.4) is 0 Å². The molecule has 2 rings (SSSR count). The first-order valence-corrected chi connectivity index (χ1v) is 6.64. The maximum absolute atomic E-state index is 5.79. The van der Waals surface area contributed by atoms with Gasteiger partial charge in [-0.25, -0.2) is 0 Å². The highest BCUT2D eigenvalue weighted by atomic mass is 15.2. The molecule has 2 nitrogen and oxygen atoms in total. The lowest BCUT2D eigenvalue weighted by Gasteiger charge is -2.29. The summed E-state index contributed by atoms with van der Waals surface area (Å²) in [4.78, 5) is 2.59. The van der Waals surface area contributed by atoms with Gasteiger partial charge in [-0.2, -0.15) is 0 Å². The normalized spacial score (nSPS) is 27.3. The molecule has 1 aromatic carbocycles. The highest BCUT2D eigenvalue weighted by Crippen LogP contribution is 2.31. The van der Waals surface area contributed by atoms with Gasteiger partial charge >= 0.3 is 0 Å². The summed E-state index contributed by atoms with van der Waals surface area (Å²) in [6, 6.07) is 10.0. The summed E-state index contributed by atoms with van der Waals surface area (Å²) >= 11 is 0. The molecule has 1 aromatic rings. The molecule has 3 atom stereocenters. The molecule has 1 saturated heterocycles. The van der Waals surface area contributed by atoms with Crippen molar-refractivity contribution in [3.63, 3.8) is 0 Å². The van der Waals surface area contributed by atoms with Crippen LogP contribution in [0.5, 0.6) is 0 Å². The minimum atomic E-state index is 0.501. The van der Waals surface area contributed by atoms with Crippen LogP contribution in [0.2, 0.25) is 0 Å². The van der Waals surface area contributed by atoms with E-state index in [1.807, 2.05) is 0 Å². The zero-order chi connectivity index (χ0) is 12.4. The van der Waals surface area contributed by atoms with Crippen molar-refractivity contribution >= 4 is 0 Å². The number of nitrogens with zero attached hydrogens (tertiary/aromatic N) is 1. The summed E-state index contributed by atoms with van der Waals surface area (Å²) in [6.45, 7) is 8.76. The molecule has 0 radical (unpaired) electrons. The summed E-state index contributed by atoms with van der Waals surface area (Å²) in [5.74, 6) is 0.678. The van der Waals surface area contributed by atoms with Gasteiger partial charge in [-0.1, -0.05) is 29.8 Å². The van der Waals surface area contributed by atoms with E-state index in [1.54, 1.807) is 0 Å². The van der Waals surface area contributed by atoms with Crippen molar-refractivity contribution < 1.29 is 0 Å². The Morgan fingerprint density at radius 1 is 1.47 bits per heavy atom. The topological polar surface area (TPSA) is 29.3 Å². The third kappa shape index (κ3) is 2.70. The van der Waals surface area contributed by atoms with Crippen molar-refractivity contribution in [2.75, 3.05) is 13.1 Å². The van der Waals surface area contributed by atoms with Crippen LogP contribution in [0, 0.1) is 12.8 Å². The van der Waals surface area contributed by atoms with E-state index in [9.17, 15) is 0 Å². The number of hydrogen-bond donors (Lipinski definition) is 1. The third-order valence-corrected chi connectivity index (χ3v) is 4.06. The van der Waals surface area contributed by atoms with Gasteiger partial charge in [-0.15, -0.1) is 0 Å². The lowest BCUT2D eigenvalue weighted by molar-refractivity contribution is 0.200. The summed E-state index contributed by atoms with van der Waals surface area (Å²) in [5, 5.41) is 0. The molecule has 94 valence electrons. The Kier molecular flexibility index (Phi) is 3.85. The molecule has 0 bridgehead atoms. The molecule has 1 aliphatic rings. The van der Waals surface area contributed by atoms with Crippen molar-refractivity contribution in [1.29, 1.82) is 0 Å². The van der Waals surface area contributed by atoms with E-state index in [0.717, 1.165) is 13.1 Å². The quantitative estimate of drug-likeness (QED) is 0.868. The molecule has 1 fully saturated rings. The molecule has 0 aliphatic carbocycles. The highest BCUT2D eigenvalue weighted by molar-refractivity contribution is 5.25. The summed E-state index contributed by atoms with van der Waals surface area (Å²) < 4.78 is 0. The van der Waals surface area contributed by atoms with Crippen LogP contribution in [0.4, 0.5) is 0 Å². The fourth-order valence-corrected chi connectivity index (χ4v) is 3.00. The minimum absolute atomic E-state index is 0.501. The molecule has 0 amide bonds. The average molecular weight is 232 g/mol. The fraction of sp³-hybridized carbons (Fsp3) is 0.600. The molecule has 3 unspecified atom stereocenters. The molecule has 1 aliphatic heterocycles. The number of rotatable bonds is 3. The Labute approximate surface area is 105 Å². The van der Waals surface area contributed by atoms with Crippen molar-refractivity contribution in [3.8, 4) is 0 Å². The molecule has 1 heterocycles. The van der Waals surface area contributed by atoms with Gasteiger partial charge in [-0.05, 0) is 45.2 Å². The van der Waals surface area contributed by atoms with Gasteiger partial charge in [0.15, 0.2) is 0 Å². The van der Waals surface area contributed by atoms with Gasteiger partial charge in [0, 0.05) is 18.6 Å². The molecule has 2 heteroatoms. The van der Waals surface area contributed by atoms with Crippen molar-refractivity contribution in [3.05, 3.63) is 35.4 Å². The van der Waals surface area contributed by atoms with Gasteiger partial charge in [0.25, 0.3) is 0 Å². The number of aryl methyl sites for hydroxylation is 1. The van der Waals surface area contributed by atoms with Gasteiger partial charge in [0.2, 0.25) is 0 Å². The number of hydrogen-bond acceptors (Lipinski definition) is 2. The zero-order valence-corrected chi connectivity index (χ0v) is 11.2. The molecular weight excluding hydrogens is 208 g/mol. The van der Waals surface area contributed by atoms with Crippen LogP contribution in [-0.2, 0) is 0 Å². The largest absolute Gasteiger partial charge is 0.330 e. The van der Waals surface area contributed by atoms with E-state index in [0.29, 0.717) is 18.0 Å². The smallest absolute Gasteiger partial charge is 0.0322 e. The Morgan fingerprint density at radius 3 is 2.82 bits per heavy atom. The second kappa shape index (κ2) is 5.19. The first kappa shape index (κ1) is 12.6. The highest BCUT2D eigenvalue weighted by Gasteiger charge is 2.31. The van der Waals surface area contributed by atoms with E-state index in [1.165, 1.54) is 17.5 Å². The molecule has 17 heavy (non-hydrogen) atoms. The van der Waals surface area contributed by atoms with E-state index in [2.05, 4.69) is 49.9 Å². The van der Waals surface area contributed by atoms with Crippen LogP contribution in [0.1, 0.15) is 37.4 Å². The van der Waals surface area contributed by atoms with Crippen LogP contribution >= 0.6 is 0 Å². The maximum Gasteiger partial charge on any atom is 0.0322 e. The number of benzene rings is 1. The van der Waals surface area contributed by atoms with Gasteiger partial charge < -0.3 is 5.73 Å². The Hall–Kier alpha value is -0.860. The summed E-state index contributed by atoms with van der Waals surface area (Å²) in [5.41, 5.74) is 8.56. The standard InChI is InChI=1S/C15H24N2/c1-11-5-4-6-15(7-11)13(3)17-10-14(9-16)8-12(17)2/h4-7,12-14H,8-10,16H2,1-3H3. The van der Waals surface area contributed by atoms with Crippen LogP contribution < -0.4 is 5.73 Å². The van der Waals surface area contributed by atoms with Gasteiger partial charge in [0.05, 0.1) is 0 Å². The van der Waals surface area contributed by atoms with E-state index in [-0.39, 0.29) is 0 Å². The lowest BCUT2D eigenvalue weighted by atomic mass is 10.0. The van der Waals surface area contributed by atoms with Crippen molar-refractivity contribution in [1.82, 2.24) is 4.90 Å². The first-order chi connectivity index (χ1) is 8.11. The third-order valence-electron chi connectivity index (χ3n) is 4.06. The van der Waals surface area contributed by atoms with Crippen LogP contribution in [-0.4, -0.2) is 24.0 Å². The summed E-state index contributed by atoms with van der Waals surface area (Å²) in [6.07, 6.45) is 1.24. The Balaban J connectivity index is 2.12. The van der Waals surface area contributed by atoms with E-state index in [4.69, 9.17) is 5.73 Å². The fourth-order valence-electron chi connectivity index (χ4n) is 3.00. The summed E-state index contributed by atoms with van der Waals surface area (Å²) in [7, 11) is 0.